The molecule has 0 aliphatic carbocycles. The van der Waals surface area contributed by atoms with Crippen molar-refractivity contribution in [3.63, 3.8) is 0 Å². The molecule has 0 aliphatic rings. The van der Waals surface area contributed by atoms with Crippen molar-refractivity contribution in [2.24, 2.45) is 0 Å². The van der Waals surface area contributed by atoms with Gasteiger partial charge in [0, 0.05) is 5.69 Å². The molecule has 0 fully saturated rings. The molecule has 0 saturated carbocycles. The summed E-state index contributed by atoms with van der Waals surface area (Å²) in [5.41, 5.74) is 1.07. The molecule has 0 radical (unpaired) electrons. The lowest BCUT2D eigenvalue weighted by Crippen LogP contribution is -2.28. The van der Waals surface area contributed by atoms with Crippen LogP contribution in [0.5, 0.6) is 17.2 Å². The number of carbonyl (C=O) groups is 1. The lowest BCUT2D eigenvalue weighted by Gasteiger charge is -2.09. The van der Waals surface area contributed by atoms with Crippen LogP contribution in [-0.2, 0) is 0 Å². The van der Waals surface area contributed by atoms with Gasteiger partial charge in [-0.2, -0.15) is 0 Å². The van der Waals surface area contributed by atoms with Crippen molar-refractivity contribution in [1.29, 1.82) is 0 Å². The van der Waals surface area contributed by atoms with E-state index >= 15 is 0 Å². The number of methoxy groups -OCH3 is 2. The highest BCUT2D eigenvalue weighted by Crippen LogP contribution is 2.18. The van der Waals surface area contributed by atoms with Gasteiger partial charge in [-0.15, -0.1) is 0 Å². The summed E-state index contributed by atoms with van der Waals surface area (Å²) in [6.45, 7) is 0.682. The van der Waals surface area contributed by atoms with Crippen LogP contribution in [0.2, 0.25) is 0 Å². The largest absolute Gasteiger partial charge is 0.497 e. The van der Waals surface area contributed by atoms with Crippen LogP contribution < -0.4 is 24.8 Å². The summed E-state index contributed by atoms with van der Waals surface area (Å²) in [5.74, 6) is 2.45. The lowest BCUT2D eigenvalue weighted by atomic mass is 10.3. The number of aromatic nitrogens is 2. The minimum absolute atomic E-state index is 0.231. The number of nitrogens with one attached hydrogen (secondary N) is 2. The summed E-state index contributed by atoms with van der Waals surface area (Å²) >= 11 is 0. The van der Waals surface area contributed by atoms with Crippen molar-refractivity contribution in [3.8, 4) is 17.2 Å². The van der Waals surface area contributed by atoms with Crippen LogP contribution in [0.3, 0.4) is 0 Å². The molecule has 1 aromatic heterocycles. The van der Waals surface area contributed by atoms with Gasteiger partial charge in [-0.05, 0) is 48.5 Å². The van der Waals surface area contributed by atoms with E-state index in [1.54, 1.807) is 26.4 Å². The van der Waals surface area contributed by atoms with Gasteiger partial charge in [-0.25, -0.2) is 9.97 Å². The molecule has 1 heterocycles. The van der Waals surface area contributed by atoms with Crippen LogP contribution in [0, 0.1) is 0 Å². The molecule has 2 N–H and O–H groups in total. The van der Waals surface area contributed by atoms with E-state index in [9.17, 15) is 4.79 Å². The third-order valence-electron chi connectivity index (χ3n) is 3.96. The third kappa shape index (κ3) is 5.83. The molecular weight excluding hydrogens is 372 g/mol. The number of ether oxygens (including phenoxy) is 3. The summed E-state index contributed by atoms with van der Waals surface area (Å²) in [5, 5.41) is 5.86. The Hall–Kier alpha value is -3.81. The second-order valence-electron chi connectivity index (χ2n) is 5.92. The molecule has 3 rings (SSSR count). The summed E-state index contributed by atoms with van der Waals surface area (Å²) in [6.07, 6.45) is 2.93. The molecule has 3 aromatic rings. The molecule has 0 aliphatic heterocycles. The van der Waals surface area contributed by atoms with Gasteiger partial charge in [0.2, 0.25) is 0 Å². The van der Waals surface area contributed by atoms with Gasteiger partial charge >= 0.3 is 0 Å². The Balaban J connectivity index is 1.44. The molecule has 0 bridgehead atoms. The van der Waals surface area contributed by atoms with E-state index in [1.165, 1.54) is 12.4 Å². The third-order valence-corrected chi connectivity index (χ3v) is 3.96. The van der Waals surface area contributed by atoms with Gasteiger partial charge in [0.05, 0.1) is 33.2 Å². The van der Waals surface area contributed by atoms with Crippen molar-refractivity contribution in [2.45, 2.75) is 0 Å². The van der Waals surface area contributed by atoms with Gasteiger partial charge < -0.3 is 24.8 Å². The first kappa shape index (κ1) is 19.9. The van der Waals surface area contributed by atoms with Gasteiger partial charge in [0.1, 0.15) is 35.4 Å². The van der Waals surface area contributed by atoms with Crippen molar-refractivity contribution in [3.05, 3.63) is 66.6 Å². The second-order valence-corrected chi connectivity index (χ2v) is 5.92. The number of amides is 1. The van der Waals surface area contributed by atoms with Crippen molar-refractivity contribution < 1.29 is 19.0 Å². The maximum atomic E-state index is 12.2. The van der Waals surface area contributed by atoms with E-state index in [4.69, 9.17) is 14.2 Å². The molecule has 8 heteroatoms. The molecule has 0 spiro atoms. The van der Waals surface area contributed by atoms with Crippen LogP contribution in [-0.4, -0.2) is 43.2 Å². The molecule has 29 heavy (non-hydrogen) atoms. The van der Waals surface area contributed by atoms with E-state index in [1.807, 2.05) is 36.4 Å². The Morgan fingerprint density at radius 2 is 1.48 bits per heavy atom. The maximum absolute atomic E-state index is 12.2. The second kappa shape index (κ2) is 9.93. The van der Waals surface area contributed by atoms with Crippen LogP contribution in [0.15, 0.2) is 60.9 Å². The summed E-state index contributed by atoms with van der Waals surface area (Å²) in [7, 11) is 3.22. The van der Waals surface area contributed by atoms with Crippen LogP contribution in [0.25, 0.3) is 0 Å². The number of rotatable bonds is 9. The molecule has 8 nitrogen and oxygen atoms in total. The van der Waals surface area contributed by atoms with Crippen molar-refractivity contribution in [2.75, 3.05) is 32.7 Å². The number of hydrogen-bond donors (Lipinski definition) is 2. The molecule has 0 atom stereocenters. The fourth-order valence-electron chi connectivity index (χ4n) is 2.43. The molecule has 150 valence electrons. The molecule has 2 aromatic carbocycles. The Morgan fingerprint density at radius 1 is 0.862 bits per heavy atom. The topological polar surface area (TPSA) is 94.6 Å². The van der Waals surface area contributed by atoms with Crippen LogP contribution in [0.4, 0.5) is 11.5 Å². The number of carbonyl (C=O) groups excluding carboxylic acids is 1. The summed E-state index contributed by atoms with van der Waals surface area (Å²) in [4.78, 5) is 20.5. The highest BCUT2D eigenvalue weighted by atomic mass is 16.5. The minimum atomic E-state index is -0.313. The lowest BCUT2D eigenvalue weighted by molar-refractivity contribution is 0.0941. The molecule has 0 unspecified atom stereocenters. The van der Waals surface area contributed by atoms with Gasteiger partial charge in [-0.3, -0.25) is 4.79 Å². The zero-order valence-electron chi connectivity index (χ0n) is 16.2. The first-order valence-electron chi connectivity index (χ1n) is 8.96. The highest BCUT2D eigenvalue weighted by molar-refractivity contribution is 5.92. The number of nitrogens with zero attached hydrogens (tertiary/aromatic N) is 2. The Labute approximate surface area is 168 Å². The Morgan fingerprint density at radius 3 is 2.07 bits per heavy atom. The fraction of sp³-hybridized carbons (Fsp3) is 0.190. The Kier molecular flexibility index (Phi) is 6.83. The van der Waals surface area contributed by atoms with Gasteiger partial charge in [0.15, 0.2) is 0 Å². The smallest absolute Gasteiger partial charge is 0.271 e. The highest BCUT2D eigenvalue weighted by Gasteiger charge is 2.08. The molecular formula is C21H22N4O4. The first-order chi connectivity index (χ1) is 14.2. The zero-order valence-corrected chi connectivity index (χ0v) is 16.2. The van der Waals surface area contributed by atoms with E-state index in [0.717, 1.165) is 17.2 Å². The number of anilines is 2. The predicted octanol–water partition coefficient (Wildman–Crippen LogP) is 3.05. The Bertz CT molecular complexity index is 913. The minimum Gasteiger partial charge on any atom is -0.497 e. The number of hydrogen-bond acceptors (Lipinski definition) is 7. The standard InChI is InChI=1S/C21H22N4O4/c1-27-16-5-3-15(4-6-16)25-20-14-23-19(13-24-20)21(26)22-11-12-29-18-9-7-17(28-2)8-10-18/h3-10,13-14H,11-12H2,1-2H3,(H,22,26)(H,24,25). The monoisotopic (exact) mass is 394 g/mol. The van der Waals surface area contributed by atoms with E-state index in [-0.39, 0.29) is 11.6 Å². The summed E-state index contributed by atoms with van der Waals surface area (Å²) < 4.78 is 15.8. The normalized spacial score (nSPS) is 10.1. The van der Waals surface area contributed by atoms with Crippen LogP contribution >= 0.6 is 0 Å². The van der Waals surface area contributed by atoms with Gasteiger partial charge in [0.25, 0.3) is 5.91 Å². The molecule has 1 amide bonds. The number of benzene rings is 2. The SMILES string of the molecule is COc1ccc(Nc2cnc(C(=O)NCCOc3ccc(OC)cc3)cn2)cc1. The van der Waals surface area contributed by atoms with Crippen molar-refractivity contribution >= 4 is 17.4 Å². The first-order valence-corrected chi connectivity index (χ1v) is 8.96. The fourth-order valence-corrected chi connectivity index (χ4v) is 2.43. The average molecular weight is 394 g/mol. The van der Waals surface area contributed by atoms with Crippen molar-refractivity contribution in [1.82, 2.24) is 15.3 Å². The average Bonchev–Trinajstić information content (AvgIpc) is 2.78. The van der Waals surface area contributed by atoms with E-state index in [2.05, 4.69) is 20.6 Å². The molecule has 0 saturated heterocycles. The van der Waals surface area contributed by atoms with Crippen LogP contribution in [0.1, 0.15) is 10.5 Å². The maximum Gasteiger partial charge on any atom is 0.271 e. The zero-order chi connectivity index (χ0) is 20.5. The predicted molar refractivity (Wildman–Crippen MR) is 109 cm³/mol. The quantitative estimate of drug-likeness (QED) is 0.539. The van der Waals surface area contributed by atoms with E-state index in [0.29, 0.717) is 24.7 Å². The summed E-state index contributed by atoms with van der Waals surface area (Å²) in [6, 6.07) is 14.6. The van der Waals surface area contributed by atoms with Gasteiger partial charge in [-0.1, -0.05) is 0 Å². The van der Waals surface area contributed by atoms with E-state index < -0.39 is 0 Å².